The third kappa shape index (κ3) is 3.26. The average molecular weight is 391 g/mol. The highest BCUT2D eigenvalue weighted by Gasteiger charge is 2.57. The van der Waals surface area contributed by atoms with Gasteiger partial charge in [-0.05, 0) is 31.5 Å². The van der Waals surface area contributed by atoms with E-state index in [4.69, 9.17) is 9.47 Å². The minimum atomic E-state index is -3.86. The molecule has 1 aromatic carbocycles. The Balaban J connectivity index is 2.33. The van der Waals surface area contributed by atoms with Crippen molar-refractivity contribution in [1.82, 2.24) is 4.98 Å². The largest absolute Gasteiger partial charge is 0.436 e. The molecule has 1 aromatic heterocycles. The van der Waals surface area contributed by atoms with Crippen LogP contribution < -0.4 is 4.74 Å². The van der Waals surface area contributed by atoms with Crippen molar-refractivity contribution in [3.05, 3.63) is 70.7 Å². The van der Waals surface area contributed by atoms with Gasteiger partial charge >= 0.3 is 0 Å². The number of pyridine rings is 1. The summed E-state index contributed by atoms with van der Waals surface area (Å²) >= 11 is 0. The maximum atomic E-state index is 14.1. The smallest absolute Gasteiger partial charge is 0.255 e. The molecule has 1 aliphatic rings. The monoisotopic (exact) mass is 391 g/mol. The molecule has 0 bridgehead atoms. The summed E-state index contributed by atoms with van der Waals surface area (Å²) in [6.07, 6.45) is 2.74. The van der Waals surface area contributed by atoms with Gasteiger partial charge in [0.25, 0.3) is 5.88 Å². The fourth-order valence-electron chi connectivity index (χ4n) is 3.24. The first-order valence-corrected chi connectivity index (χ1v) is 9.96. The number of carbonyl (C=O) groups is 1. The molecular weight excluding hydrogens is 373 g/mol. The first kappa shape index (κ1) is 19.2. The highest BCUT2D eigenvalue weighted by Crippen LogP contribution is 2.49. The first-order chi connectivity index (χ1) is 12.6. The Morgan fingerprint density at radius 1 is 1.15 bits per heavy atom. The Bertz CT molecular complexity index is 1020. The standard InChI is InChI=1S/C19H18FNO5S/c1-18(2)16(27(3,23)24)15(25-17-14(20)10-7-11-21-17)19(12-22,26-18)13-8-5-4-6-9-13/h4-12H,1-3H3. The number of rotatable bonds is 5. The van der Waals surface area contributed by atoms with Gasteiger partial charge in [0.1, 0.15) is 10.5 Å². The van der Waals surface area contributed by atoms with Crippen molar-refractivity contribution < 1.29 is 27.1 Å². The summed E-state index contributed by atoms with van der Waals surface area (Å²) < 4.78 is 50.7. The van der Waals surface area contributed by atoms with Crippen LogP contribution in [0.1, 0.15) is 19.4 Å². The van der Waals surface area contributed by atoms with Gasteiger partial charge in [0.05, 0.1) is 0 Å². The van der Waals surface area contributed by atoms with Crippen LogP contribution >= 0.6 is 0 Å². The molecule has 6 nitrogen and oxygen atoms in total. The van der Waals surface area contributed by atoms with E-state index in [1.165, 1.54) is 26.1 Å². The number of hydrogen-bond donors (Lipinski definition) is 0. The number of hydrogen-bond acceptors (Lipinski definition) is 6. The predicted molar refractivity (Wildman–Crippen MR) is 96.0 cm³/mol. The van der Waals surface area contributed by atoms with Crippen molar-refractivity contribution >= 4 is 16.1 Å². The molecule has 27 heavy (non-hydrogen) atoms. The van der Waals surface area contributed by atoms with Crippen molar-refractivity contribution in [3.63, 3.8) is 0 Å². The first-order valence-electron chi connectivity index (χ1n) is 8.07. The van der Waals surface area contributed by atoms with E-state index in [9.17, 15) is 17.6 Å². The molecule has 142 valence electrons. The normalized spacial score (nSPS) is 21.9. The van der Waals surface area contributed by atoms with Crippen LogP contribution in [0.4, 0.5) is 4.39 Å². The fraction of sp³-hybridized carbons (Fsp3) is 0.263. The number of aldehydes is 1. The summed E-state index contributed by atoms with van der Waals surface area (Å²) in [4.78, 5) is 15.8. The van der Waals surface area contributed by atoms with Gasteiger partial charge in [-0.1, -0.05) is 30.3 Å². The summed E-state index contributed by atoms with van der Waals surface area (Å²) in [6, 6.07) is 10.8. The molecule has 1 atom stereocenters. The van der Waals surface area contributed by atoms with Gasteiger partial charge in [0.2, 0.25) is 5.60 Å². The number of benzene rings is 1. The van der Waals surface area contributed by atoms with Crippen LogP contribution in [-0.2, 0) is 25.0 Å². The second-order valence-corrected chi connectivity index (χ2v) is 8.61. The van der Waals surface area contributed by atoms with Crippen molar-refractivity contribution in [2.45, 2.75) is 25.0 Å². The highest BCUT2D eigenvalue weighted by atomic mass is 32.2. The van der Waals surface area contributed by atoms with E-state index in [1.54, 1.807) is 30.3 Å². The zero-order valence-electron chi connectivity index (χ0n) is 15.0. The zero-order chi connectivity index (χ0) is 19.9. The lowest BCUT2D eigenvalue weighted by molar-refractivity contribution is -0.139. The van der Waals surface area contributed by atoms with E-state index in [0.717, 1.165) is 12.3 Å². The molecule has 0 spiro atoms. The van der Waals surface area contributed by atoms with E-state index in [0.29, 0.717) is 11.8 Å². The molecule has 8 heteroatoms. The van der Waals surface area contributed by atoms with Crippen LogP contribution in [0.15, 0.2) is 59.3 Å². The minimum Gasteiger partial charge on any atom is -0.436 e. The van der Waals surface area contributed by atoms with Crippen LogP contribution in [0.3, 0.4) is 0 Å². The number of nitrogens with zero attached hydrogens (tertiary/aromatic N) is 1. The summed E-state index contributed by atoms with van der Waals surface area (Å²) in [5.41, 5.74) is -2.88. The third-order valence-corrected chi connectivity index (χ3v) is 5.59. The van der Waals surface area contributed by atoms with E-state index in [-0.39, 0.29) is 10.7 Å². The van der Waals surface area contributed by atoms with Crippen LogP contribution in [0.25, 0.3) is 0 Å². The van der Waals surface area contributed by atoms with Gasteiger partial charge in [0, 0.05) is 12.5 Å². The van der Waals surface area contributed by atoms with Gasteiger partial charge in [-0.25, -0.2) is 17.8 Å². The minimum absolute atomic E-state index is 0.240. The number of sulfone groups is 1. The third-order valence-electron chi connectivity index (χ3n) is 4.17. The van der Waals surface area contributed by atoms with E-state index < -0.39 is 32.7 Å². The van der Waals surface area contributed by atoms with E-state index >= 15 is 0 Å². The lowest BCUT2D eigenvalue weighted by Crippen LogP contribution is -2.36. The lowest BCUT2D eigenvalue weighted by atomic mass is 9.93. The average Bonchev–Trinajstić information content (AvgIpc) is 2.85. The zero-order valence-corrected chi connectivity index (χ0v) is 15.8. The molecular formula is C19H18FNO5S. The highest BCUT2D eigenvalue weighted by molar-refractivity contribution is 7.94. The molecule has 0 aliphatic carbocycles. The van der Waals surface area contributed by atoms with Gasteiger partial charge < -0.3 is 9.47 Å². The molecule has 0 amide bonds. The maximum absolute atomic E-state index is 14.1. The topological polar surface area (TPSA) is 82.6 Å². The van der Waals surface area contributed by atoms with Crippen LogP contribution in [0.2, 0.25) is 0 Å². The second kappa shape index (κ2) is 6.54. The molecule has 0 N–H and O–H groups in total. The van der Waals surface area contributed by atoms with Gasteiger partial charge in [-0.2, -0.15) is 0 Å². The summed E-state index contributed by atoms with van der Waals surface area (Å²) in [7, 11) is -3.86. The quantitative estimate of drug-likeness (QED) is 0.729. The molecule has 0 saturated carbocycles. The number of aromatic nitrogens is 1. The molecule has 1 aliphatic heterocycles. The lowest BCUT2D eigenvalue weighted by Gasteiger charge is -2.29. The Morgan fingerprint density at radius 2 is 1.81 bits per heavy atom. The van der Waals surface area contributed by atoms with Crippen molar-refractivity contribution in [2.24, 2.45) is 0 Å². The molecule has 1 unspecified atom stereocenters. The van der Waals surface area contributed by atoms with Crippen molar-refractivity contribution in [3.8, 4) is 5.88 Å². The summed E-state index contributed by atoms with van der Waals surface area (Å²) in [5, 5.41) is 0. The Hall–Kier alpha value is -2.58. The second-order valence-electron chi connectivity index (χ2n) is 6.65. The Kier molecular flexibility index (Phi) is 4.65. The maximum Gasteiger partial charge on any atom is 0.255 e. The molecule has 3 rings (SSSR count). The molecule has 0 fully saturated rings. The molecule has 2 heterocycles. The predicted octanol–water partition coefficient (Wildman–Crippen LogP) is 2.76. The summed E-state index contributed by atoms with van der Waals surface area (Å²) in [6.45, 7) is 3.02. The SMILES string of the molecule is CC1(C)OC(C=O)(c2ccccc2)C(Oc2ncccc2F)=C1S(C)(=O)=O. The Labute approximate surface area is 156 Å². The van der Waals surface area contributed by atoms with E-state index in [2.05, 4.69) is 4.98 Å². The van der Waals surface area contributed by atoms with E-state index in [1.807, 2.05) is 0 Å². The van der Waals surface area contributed by atoms with Crippen LogP contribution in [0.5, 0.6) is 5.88 Å². The number of ether oxygens (including phenoxy) is 2. The van der Waals surface area contributed by atoms with Crippen LogP contribution in [0, 0.1) is 5.82 Å². The van der Waals surface area contributed by atoms with Gasteiger partial charge in [0.15, 0.2) is 27.7 Å². The fourth-order valence-corrected chi connectivity index (χ4v) is 4.70. The van der Waals surface area contributed by atoms with Crippen molar-refractivity contribution in [2.75, 3.05) is 6.26 Å². The Morgan fingerprint density at radius 3 is 2.37 bits per heavy atom. The molecule has 0 saturated heterocycles. The van der Waals surface area contributed by atoms with Crippen LogP contribution in [-0.4, -0.2) is 31.5 Å². The molecule has 2 aromatic rings. The molecule has 0 radical (unpaired) electrons. The van der Waals surface area contributed by atoms with Gasteiger partial charge in [-0.15, -0.1) is 0 Å². The number of halogens is 1. The summed E-state index contributed by atoms with van der Waals surface area (Å²) in [5.74, 6) is -1.55. The number of carbonyl (C=O) groups excluding carboxylic acids is 1. The van der Waals surface area contributed by atoms with Gasteiger partial charge in [-0.3, -0.25) is 4.79 Å². The van der Waals surface area contributed by atoms with Crippen molar-refractivity contribution in [1.29, 1.82) is 0 Å².